The van der Waals surface area contributed by atoms with E-state index in [9.17, 15) is 4.79 Å². The second kappa shape index (κ2) is 9.43. The lowest BCUT2D eigenvalue weighted by molar-refractivity contribution is -0.130. The van der Waals surface area contributed by atoms with E-state index in [1.165, 1.54) is 11.1 Å². The molecule has 1 atom stereocenters. The second-order valence-corrected chi connectivity index (χ2v) is 7.98. The number of nitrogens with one attached hydrogen (secondary N) is 1. The summed E-state index contributed by atoms with van der Waals surface area (Å²) >= 11 is 0. The van der Waals surface area contributed by atoms with Crippen LogP contribution in [0.5, 0.6) is 0 Å². The van der Waals surface area contributed by atoms with E-state index in [-0.39, 0.29) is 41.8 Å². The molecule has 7 heteroatoms. The van der Waals surface area contributed by atoms with Crippen LogP contribution in [0.4, 0.5) is 0 Å². The highest BCUT2D eigenvalue weighted by atomic mass is 127. The molecule has 0 saturated carbocycles. The Morgan fingerprint density at radius 2 is 2.04 bits per heavy atom. The van der Waals surface area contributed by atoms with Gasteiger partial charge in [-0.25, -0.2) is 4.99 Å². The fraction of sp³-hybridized carbons (Fsp3) is 0.619. The molecule has 0 aliphatic carbocycles. The van der Waals surface area contributed by atoms with E-state index in [1.807, 2.05) is 11.0 Å². The molecule has 3 heterocycles. The van der Waals surface area contributed by atoms with Crippen LogP contribution in [0.2, 0.25) is 0 Å². The van der Waals surface area contributed by atoms with Gasteiger partial charge >= 0.3 is 0 Å². The average Bonchev–Trinajstić information content (AvgIpc) is 3.34. The topological polar surface area (TPSA) is 57.2 Å². The molecule has 2 saturated heterocycles. The summed E-state index contributed by atoms with van der Waals surface area (Å²) in [5.74, 6) is 0.977. The van der Waals surface area contributed by atoms with Gasteiger partial charge in [0.25, 0.3) is 0 Å². The van der Waals surface area contributed by atoms with Crippen LogP contribution < -0.4 is 5.32 Å². The summed E-state index contributed by atoms with van der Waals surface area (Å²) in [5, 5.41) is 3.37. The molecular formula is C21H31IN4O2. The first kappa shape index (κ1) is 21.4. The summed E-state index contributed by atoms with van der Waals surface area (Å²) in [5.41, 5.74) is 2.91. The molecular weight excluding hydrogens is 467 g/mol. The van der Waals surface area contributed by atoms with Gasteiger partial charge < -0.3 is 19.9 Å². The third-order valence-electron chi connectivity index (χ3n) is 6.11. The summed E-state index contributed by atoms with van der Waals surface area (Å²) in [7, 11) is 0. The molecule has 4 rings (SSSR count). The van der Waals surface area contributed by atoms with E-state index < -0.39 is 0 Å². The maximum atomic E-state index is 12.7. The zero-order chi connectivity index (χ0) is 18.7. The molecule has 3 aliphatic heterocycles. The number of aliphatic imine (C=N–C) groups is 1. The molecule has 2 fully saturated rings. The molecule has 1 amide bonds. The van der Waals surface area contributed by atoms with E-state index >= 15 is 0 Å². The third kappa shape index (κ3) is 4.62. The van der Waals surface area contributed by atoms with Crippen LogP contribution in [0.1, 0.15) is 30.9 Å². The molecule has 0 aromatic heterocycles. The van der Waals surface area contributed by atoms with Gasteiger partial charge in [-0.05, 0) is 37.3 Å². The smallest absolute Gasteiger partial charge is 0.244 e. The molecule has 28 heavy (non-hydrogen) atoms. The predicted octanol–water partition coefficient (Wildman–Crippen LogP) is 2.27. The molecule has 154 valence electrons. The van der Waals surface area contributed by atoms with Crippen LogP contribution in [0.25, 0.3) is 0 Å². The Bertz CT molecular complexity index is 718. The van der Waals surface area contributed by atoms with Crippen LogP contribution >= 0.6 is 24.0 Å². The third-order valence-corrected chi connectivity index (χ3v) is 6.11. The number of likely N-dealkylation sites (tertiary alicyclic amines) is 1. The highest BCUT2D eigenvalue weighted by molar-refractivity contribution is 14.0. The first-order valence-corrected chi connectivity index (χ1v) is 10.1. The molecule has 1 spiro atoms. The number of nitrogens with zero attached hydrogens (tertiary/aromatic N) is 3. The van der Waals surface area contributed by atoms with Crippen molar-refractivity contribution >= 4 is 35.8 Å². The monoisotopic (exact) mass is 498 g/mol. The number of carbonyl (C=O) groups is 1. The van der Waals surface area contributed by atoms with Crippen molar-refractivity contribution in [2.24, 2.45) is 10.4 Å². The van der Waals surface area contributed by atoms with Gasteiger partial charge in [0.2, 0.25) is 5.91 Å². The van der Waals surface area contributed by atoms with Crippen LogP contribution in [0.3, 0.4) is 0 Å². The Hall–Kier alpha value is -1.35. The molecule has 1 unspecified atom stereocenters. The van der Waals surface area contributed by atoms with Gasteiger partial charge in [-0.2, -0.15) is 0 Å². The largest absolute Gasteiger partial charge is 0.381 e. The maximum Gasteiger partial charge on any atom is 0.244 e. The molecule has 1 N–H and O–H groups in total. The van der Waals surface area contributed by atoms with E-state index in [2.05, 4.69) is 40.3 Å². The van der Waals surface area contributed by atoms with Crippen LogP contribution in [-0.2, 0) is 22.5 Å². The van der Waals surface area contributed by atoms with Crippen LogP contribution in [0, 0.1) is 5.41 Å². The first-order valence-electron chi connectivity index (χ1n) is 10.1. The number of carbonyl (C=O) groups excluding carboxylic acids is 1. The van der Waals surface area contributed by atoms with Crippen LogP contribution in [0.15, 0.2) is 29.3 Å². The normalized spacial score (nSPS) is 24.2. The summed E-state index contributed by atoms with van der Waals surface area (Å²) in [6, 6.07) is 8.40. The zero-order valence-electron chi connectivity index (χ0n) is 16.7. The highest BCUT2D eigenvalue weighted by Gasteiger charge is 2.42. The number of hydrogen-bond donors (Lipinski definition) is 1. The van der Waals surface area contributed by atoms with Crippen molar-refractivity contribution in [2.75, 3.05) is 45.9 Å². The van der Waals surface area contributed by atoms with Gasteiger partial charge in [-0.15, -0.1) is 24.0 Å². The van der Waals surface area contributed by atoms with Crippen molar-refractivity contribution in [1.82, 2.24) is 15.1 Å². The summed E-state index contributed by atoms with van der Waals surface area (Å²) in [6.07, 6.45) is 3.21. The standard InChI is InChI=1S/C21H30N4O2.HI/c1-2-22-20(25-11-8-21(15-25)9-12-27-16-21)23-13-19(26)24-10-7-17-5-3-4-6-18(17)14-24;/h3-6H,2,7-16H2,1H3,(H,22,23);1H. The van der Waals surface area contributed by atoms with E-state index in [1.54, 1.807) is 0 Å². The molecule has 0 bridgehead atoms. The quantitative estimate of drug-likeness (QED) is 0.395. The minimum absolute atomic E-state index is 0. The summed E-state index contributed by atoms with van der Waals surface area (Å²) in [6.45, 7) is 8.27. The second-order valence-electron chi connectivity index (χ2n) is 7.98. The number of hydrogen-bond acceptors (Lipinski definition) is 3. The van der Waals surface area contributed by atoms with Gasteiger partial charge in [0.1, 0.15) is 6.54 Å². The Balaban J connectivity index is 0.00000225. The van der Waals surface area contributed by atoms with Crippen molar-refractivity contribution in [3.8, 4) is 0 Å². The van der Waals surface area contributed by atoms with Crippen molar-refractivity contribution < 1.29 is 9.53 Å². The van der Waals surface area contributed by atoms with Gasteiger partial charge in [-0.1, -0.05) is 24.3 Å². The number of amides is 1. The van der Waals surface area contributed by atoms with E-state index in [0.717, 1.165) is 64.6 Å². The molecule has 0 radical (unpaired) electrons. The summed E-state index contributed by atoms with van der Waals surface area (Å²) in [4.78, 5) is 21.7. The van der Waals surface area contributed by atoms with Crippen molar-refractivity contribution in [3.63, 3.8) is 0 Å². The van der Waals surface area contributed by atoms with E-state index in [4.69, 9.17) is 4.74 Å². The molecule has 1 aromatic rings. The number of fused-ring (bicyclic) bond motifs is 1. The van der Waals surface area contributed by atoms with Gasteiger partial charge in [0, 0.05) is 44.7 Å². The number of benzene rings is 1. The van der Waals surface area contributed by atoms with Crippen molar-refractivity contribution in [2.45, 2.75) is 32.7 Å². The lowest BCUT2D eigenvalue weighted by Crippen LogP contribution is -2.43. The molecule has 3 aliphatic rings. The summed E-state index contributed by atoms with van der Waals surface area (Å²) < 4.78 is 5.63. The fourth-order valence-electron chi connectivity index (χ4n) is 4.46. The number of guanidine groups is 1. The Labute approximate surface area is 184 Å². The Kier molecular flexibility index (Phi) is 7.20. The molecule has 6 nitrogen and oxygen atoms in total. The predicted molar refractivity (Wildman–Crippen MR) is 121 cm³/mol. The highest BCUT2D eigenvalue weighted by Crippen LogP contribution is 2.38. The minimum atomic E-state index is 0. The molecule has 1 aromatic carbocycles. The SMILES string of the molecule is CCNC(=NCC(=O)N1CCc2ccccc2C1)N1CCC2(CCOC2)C1.I. The van der Waals surface area contributed by atoms with Gasteiger partial charge in [0.15, 0.2) is 5.96 Å². The maximum absolute atomic E-state index is 12.7. The Morgan fingerprint density at radius 3 is 2.79 bits per heavy atom. The number of ether oxygens (including phenoxy) is 1. The zero-order valence-corrected chi connectivity index (χ0v) is 19.0. The number of halogens is 1. The van der Waals surface area contributed by atoms with Crippen molar-refractivity contribution in [3.05, 3.63) is 35.4 Å². The minimum Gasteiger partial charge on any atom is -0.381 e. The Morgan fingerprint density at radius 1 is 1.21 bits per heavy atom. The average molecular weight is 498 g/mol. The first-order chi connectivity index (χ1) is 13.2. The van der Waals surface area contributed by atoms with Crippen LogP contribution in [-0.4, -0.2) is 67.6 Å². The lowest BCUT2D eigenvalue weighted by Gasteiger charge is -2.29. The van der Waals surface area contributed by atoms with Gasteiger partial charge in [-0.3, -0.25) is 4.79 Å². The van der Waals surface area contributed by atoms with Gasteiger partial charge in [0.05, 0.1) is 6.61 Å². The van der Waals surface area contributed by atoms with E-state index in [0.29, 0.717) is 6.54 Å². The fourth-order valence-corrected chi connectivity index (χ4v) is 4.46. The number of rotatable bonds is 3. The van der Waals surface area contributed by atoms with Crippen molar-refractivity contribution in [1.29, 1.82) is 0 Å². The lowest BCUT2D eigenvalue weighted by atomic mass is 9.87.